The van der Waals surface area contributed by atoms with Crippen molar-refractivity contribution in [2.24, 2.45) is 0 Å². The number of aryl methyl sites for hydroxylation is 1. The molecule has 4 nitrogen and oxygen atoms in total. The lowest BCUT2D eigenvalue weighted by Crippen LogP contribution is -2.16. The van der Waals surface area contributed by atoms with E-state index in [1.165, 1.54) is 12.8 Å². The van der Waals surface area contributed by atoms with Gasteiger partial charge in [0.1, 0.15) is 17.5 Å². The Morgan fingerprint density at radius 1 is 1.38 bits per heavy atom. The maximum atomic E-state index is 5.72. The molecule has 1 aromatic rings. The van der Waals surface area contributed by atoms with Gasteiger partial charge < -0.3 is 11.1 Å². The van der Waals surface area contributed by atoms with Crippen LogP contribution in [0.3, 0.4) is 0 Å². The first-order valence-electron chi connectivity index (χ1n) is 6.05. The molecule has 4 heteroatoms. The summed E-state index contributed by atoms with van der Waals surface area (Å²) in [6.45, 7) is 6.39. The van der Waals surface area contributed by atoms with Crippen LogP contribution >= 0.6 is 0 Å². The van der Waals surface area contributed by atoms with Crippen LogP contribution in [-0.4, -0.2) is 16.0 Å². The highest BCUT2D eigenvalue weighted by atomic mass is 15.1. The van der Waals surface area contributed by atoms with Crippen LogP contribution in [-0.2, 0) is 6.42 Å². The summed E-state index contributed by atoms with van der Waals surface area (Å²) in [5.41, 5.74) is 5.72. The molecule has 0 saturated heterocycles. The highest BCUT2D eigenvalue weighted by Crippen LogP contribution is 2.12. The van der Waals surface area contributed by atoms with E-state index in [0.29, 0.717) is 11.9 Å². The molecule has 1 unspecified atom stereocenters. The average Bonchev–Trinajstić information content (AvgIpc) is 2.25. The molecule has 90 valence electrons. The number of nitrogen functional groups attached to an aromatic ring is 1. The van der Waals surface area contributed by atoms with Crippen molar-refractivity contribution in [1.29, 1.82) is 0 Å². The van der Waals surface area contributed by atoms with Crippen molar-refractivity contribution in [2.45, 2.75) is 52.5 Å². The first-order valence-corrected chi connectivity index (χ1v) is 6.05. The quantitative estimate of drug-likeness (QED) is 0.776. The molecule has 0 amide bonds. The molecule has 0 bridgehead atoms. The highest BCUT2D eigenvalue weighted by molar-refractivity contribution is 5.45. The van der Waals surface area contributed by atoms with Gasteiger partial charge in [-0.3, -0.25) is 0 Å². The molecular weight excluding hydrogens is 200 g/mol. The second kappa shape index (κ2) is 6.30. The smallest absolute Gasteiger partial charge is 0.132 e. The normalized spacial score (nSPS) is 12.4. The molecule has 3 N–H and O–H groups in total. The third-order valence-corrected chi connectivity index (χ3v) is 2.49. The molecule has 0 radical (unpaired) electrons. The van der Waals surface area contributed by atoms with Crippen LogP contribution < -0.4 is 11.1 Å². The summed E-state index contributed by atoms with van der Waals surface area (Å²) in [7, 11) is 0. The molecule has 1 rings (SSSR count). The number of hydrogen-bond acceptors (Lipinski definition) is 4. The van der Waals surface area contributed by atoms with Crippen LogP contribution in [0.5, 0.6) is 0 Å². The van der Waals surface area contributed by atoms with Gasteiger partial charge in [0.15, 0.2) is 0 Å². The van der Waals surface area contributed by atoms with Crippen LogP contribution in [0, 0.1) is 0 Å². The number of unbranched alkanes of at least 4 members (excludes halogenated alkanes) is 1. The molecule has 0 aliphatic carbocycles. The minimum atomic E-state index is 0.430. The predicted molar refractivity (Wildman–Crippen MR) is 68.4 cm³/mol. The van der Waals surface area contributed by atoms with E-state index in [1.54, 1.807) is 6.07 Å². The zero-order valence-electron chi connectivity index (χ0n) is 10.5. The summed E-state index contributed by atoms with van der Waals surface area (Å²) in [6, 6.07) is 2.22. The van der Waals surface area contributed by atoms with Crippen molar-refractivity contribution < 1.29 is 0 Å². The summed E-state index contributed by atoms with van der Waals surface area (Å²) in [5.74, 6) is 2.18. The Kier molecular flexibility index (Phi) is 5.02. The predicted octanol–water partition coefficient (Wildman–Crippen LogP) is 2.61. The van der Waals surface area contributed by atoms with E-state index in [0.717, 1.165) is 24.5 Å². The molecule has 0 saturated carbocycles. The van der Waals surface area contributed by atoms with Gasteiger partial charge in [0.2, 0.25) is 0 Å². The average molecular weight is 222 g/mol. The fourth-order valence-electron chi connectivity index (χ4n) is 1.58. The molecular formula is C12H22N4. The third-order valence-electron chi connectivity index (χ3n) is 2.49. The third kappa shape index (κ3) is 4.04. The van der Waals surface area contributed by atoms with Gasteiger partial charge in [0.25, 0.3) is 0 Å². The Balaban J connectivity index is 2.61. The number of nitrogens with two attached hydrogens (primary N) is 1. The monoisotopic (exact) mass is 222 g/mol. The van der Waals surface area contributed by atoms with Gasteiger partial charge in [-0.05, 0) is 13.3 Å². The standard InChI is InChI=1S/C12H22N4/c1-4-6-7-9(3)14-12-8-10(13)15-11(5-2)16-12/h8-9H,4-7H2,1-3H3,(H3,13,14,15,16). The SMILES string of the molecule is CCCCC(C)Nc1cc(N)nc(CC)n1. The maximum Gasteiger partial charge on any atom is 0.132 e. The molecule has 0 aliphatic heterocycles. The lowest BCUT2D eigenvalue weighted by molar-refractivity contribution is 0.642. The Bertz CT molecular complexity index is 325. The fourth-order valence-corrected chi connectivity index (χ4v) is 1.58. The molecule has 0 spiro atoms. The lowest BCUT2D eigenvalue weighted by atomic mass is 10.1. The summed E-state index contributed by atoms with van der Waals surface area (Å²) in [4.78, 5) is 8.55. The summed E-state index contributed by atoms with van der Waals surface area (Å²) < 4.78 is 0. The van der Waals surface area contributed by atoms with E-state index in [1.807, 2.05) is 6.92 Å². The Labute approximate surface area is 97.7 Å². The lowest BCUT2D eigenvalue weighted by Gasteiger charge is -2.14. The van der Waals surface area contributed by atoms with E-state index in [9.17, 15) is 0 Å². The molecule has 16 heavy (non-hydrogen) atoms. The van der Waals surface area contributed by atoms with Gasteiger partial charge in [-0.15, -0.1) is 0 Å². The van der Waals surface area contributed by atoms with E-state index in [2.05, 4.69) is 29.1 Å². The van der Waals surface area contributed by atoms with Crippen molar-refractivity contribution >= 4 is 11.6 Å². The van der Waals surface area contributed by atoms with Gasteiger partial charge >= 0.3 is 0 Å². The van der Waals surface area contributed by atoms with Crippen LogP contribution in [0.15, 0.2) is 6.07 Å². The number of nitrogens with zero attached hydrogens (tertiary/aromatic N) is 2. The van der Waals surface area contributed by atoms with E-state index < -0.39 is 0 Å². The Morgan fingerprint density at radius 3 is 2.75 bits per heavy atom. The number of nitrogens with one attached hydrogen (secondary N) is 1. The van der Waals surface area contributed by atoms with Gasteiger partial charge in [0, 0.05) is 18.5 Å². The Hall–Kier alpha value is -1.32. The maximum absolute atomic E-state index is 5.72. The second-order valence-electron chi connectivity index (χ2n) is 4.14. The van der Waals surface area contributed by atoms with Gasteiger partial charge in [0.05, 0.1) is 0 Å². The highest BCUT2D eigenvalue weighted by Gasteiger charge is 2.05. The van der Waals surface area contributed by atoms with Crippen molar-refractivity contribution in [3.63, 3.8) is 0 Å². The van der Waals surface area contributed by atoms with Crippen molar-refractivity contribution in [2.75, 3.05) is 11.1 Å². The molecule has 1 heterocycles. The van der Waals surface area contributed by atoms with E-state index in [-0.39, 0.29) is 0 Å². The van der Waals surface area contributed by atoms with Crippen molar-refractivity contribution in [3.05, 3.63) is 11.9 Å². The number of hydrogen-bond donors (Lipinski definition) is 2. The second-order valence-corrected chi connectivity index (χ2v) is 4.14. The first kappa shape index (κ1) is 12.7. The molecule has 0 fully saturated rings. The fraction of sp³-hybridized carbons (Fsp3) is 0.667. The zero-order valence-corrected chi connectivity index (χ0v) is 10.5. The van der Waals surface area contributed by atoms with E-state index >= 15 is 0 Å². The van der Waals surface area contributed by atoms with E-state index in [4.69, 9.17) is 5.73 Å². The number of aromatic nitrogens is 2. The van der Waals surface area contributed by atoms with Crippen LogP contribution in [0.1, 0.15) is 45.9 Å². The zero-order chi connectivity index (χ0) is 12.0. The topological polar surface area (TPSA) is 63.8 Å². The summed E-state index contributed by atoms with van der Waals surface area (Å²) in [5, 5.41) is 3.36. The summed E-state index contributed by atoms with van der Waals surface area (Å²) in [6.07, 6.45) is 4.42. The van der Waals surface area contributed by atoms with Crippen LogP contribution in [0.25, 0.3) is 0 Å². The van der Waals surface area contributed by atoms with Gasteiger partial charge in [-0.1, -0.05) is 26.7 Å². The van der Waals surface area contributed by atoms with Gasteiger partial charge in [-0.25, -0.2) is 9.97 Å². The molecule has 0 aromatic carbocycles. The largest absolute Gasteiger partial charge is 0.384 e. The van der Waals surface area contributed by atoms with Crippen LogP contribution in [0.4, 0.5) is 11.6 Å². The summed E-state index contributed by atoms with van der Waals surface area (Å²) >= 11 is 0. The Morgan fingerprint density at radius 2 is 2.12 bits per heavy atom. The van der Waals surface area contributed by atoms with Crippen molar-refractivity contribution in [1.82, 2.24) is 9.97 Å². The minimum absolute atomic E-state index is 0.430. The van der Waals surface area contributed by atoms with Crippen molar-refractivity contribution in [3.8, 4) is 0 Å². The minimum Gasteiger partial charge on any atom is -0.384 e. The van der Waals surface area contributed by atoms with Crippen LogP contribution in [0.2, 0.25) is 0 Å². The molecule has 0 aliphatic rings. The molecule has 1 aromatic heterocycles. The number of rotatable bonds is 6. The number of anilines is 2. The molecule has 1 atom stereocenters. The first-order chi connectivity index (χ1) is 7.65. The van der Waals surface area contributed by atoms with Gasteiger partial charge in [-0.2, -0.15) is 0 Å².